The molecule has 0 aliphatic rings. The van der Waals surface area contributed by atoms with E-state index < -0.39 is 18.1 Å². The van der Waals surface area contributed by atoms with Crippen molar-refractivity contribution in [1.82, 2.24) is 15.0 Å². The van der Waals surface area contributed by atoms with Crippen molar-refractivity contribution in [2.24, 2.45) is 11.5 Å². The molecule has 1 aromatic rings. The first-order chi connectivity index (χ1) is 9.62. The molecule has 0 spiro atoms. The number of hydrogen-bond donors (Lipinski definition) is 3. The van der Waals surface area contributed by atoms with E-state index in [9.17, 15) is 9.59 Å². The van der Waals surface area contributed by atoms with Gasteiger partial charge in [-0.05, 0) is 19.3 Å². The molecule has 1 rings (SSSR count). The summed E-state index contributed by atoms with van der Waals surface area (Å²) in [5, 5.41) is 16.4. The molecule has 0 saturated carbocycles. The Morgan fingerprint density at radius 3 is 2.33 bits per heavy atom. The average molecular weight is 297 g/mol. The number of carboxylic acid groups (broad SMARTS) is 1. The Morgan fingerprint density at radius 1 is 1.29 bits per heavy atom. The van der Waals surface area contributed by atoms with Gasteiger partial charge in [-0.15, -0.1) is 5.10 Å². The lowest BCUT2D eigenvalue weighted by Crippen LogP contribution is -2.36. The normalized spacial score (nSPS) is 14.7. The van der Waals surface area contributed by atoms with Crippen LogP contribution in [0.4, 0.5) is 0 Å². The fourth-order valence-corrected chi connectivity index (χ4v) is 1.69. The summed E-state index contributed by atoms with van der Waals surface area (Å²) in [5.74, 6) is -1.41. The summed E-state index contributed by atoms with van der Waals surface area (Å²) in [6.07, 6.45) is 2.66. The minimum absolute atomic E-state index is 0.198. The number of carbonyl (C=O) groups excluding carboxylic acids is 1. The van der Waals surface area contributed by atoms with Gasteiger partial charge in [-0.1, -0.05) is 26.0 Å². The van der Waals surface area contributed by atoms with Gasteiger partial charge >= 0.3 is 5.97 Å². The van der Waals surface area contributed by atoms with Crippen molar-refractivity contribution >= 4 is 11.9 Å². The predicted octanol–water partition coefficient (Wildman–Crippen LogP) is 0.125. The summed E-state index contributed by atoms with van der Waals surface area (Å²) < 4.78 is 1.14. The van der Waals surface area contributed by atoms with Gasteiger partial charge < -0.3 is 16.6 Å². The van der Waals surface area contributed by atoms with Crippen LogP contribution in [0.1, 0.15) is 50.5 Å². The SMILES string of the molecule is CC(C)(C)c1cn(C(=O)C(N)CCC[C@H](N)C(=O)O)nn1. The van der Waals surface area contributed by atoms with Gasteiger partial charge in [-0.2, -0.15) is 4.68 Å². The largest absolute Gasteiger partial charge is 0.480 e. The number of hydrogen-bond acceptors (Lipinski definition) is 6. The maximum atomic E-state index is 12.1. The molecule has 8 nitrogen and oxygen atoms in total. The van der Waals surface area contributed by atoms with Crippen LogP contribution in [0, 0.1) is 0 Å². The van der Waals surface area contributed by atoms with Crippen LogP contribution in [0.3, 0.4) is 0 Å². The summed E-state index contributed by atoms with van der Waals surface area (Å²) in [6, 6.07) is -1.67. The third-order valence-electron chi connectivity index (χ3n) is 3.15. The Hall–Kier alpha value is -1.80. The second-order valence-electron chi connectivity index (χ2n) is 6.12. The molecule has 0 bridgehead atoms. The number of nitrogens with zero attached hydrogens (tertiary/aromatic N) is 3. The Kier molecular flexibility index (Phi) is 5.56. The van der Waals surface area contributed by atoms with Crippen molar-refractivity contribution in [3.63, 3.8) is 0 Å². The topological polar surface area (TPSA) is 137 Å². The number of carboxylic acids is 1. The Morgan fingerprint density at radius 2 is 1.86 bits per heavy atom. The first-order valence-electron chi connectivity index (χ1n) is 6.84. The summed E-state index contributed by atoms with van der Waals surface area (Å²) in [6.45, 7) is 5.91. The van der Waals surface area contributed by atoms with Gasteiger partial charge in [0, 0.05) is 5.41 Å². The van der Waals surface area contributed by atoms with E-state index in [1.807, 2.05) is 20.8 Å². The molecule has 8 heteroatoms. The molecular formula is C13H23N5O3. The summed E-state index contributed by atoms with van der Waals surface area (Å²) in [4.78, 5) is 22.7. The van der Waals surface area contributed by atoms with E-state index in [-0.39, 0.29) is 17.7 Å². The molecule has 2 atom stereocenters. The zero-order valence-electron chi connectivity index (χ0n) is 12.6. The van der Waals surface area contributed by atoms with Crippen molar-refractivity contribution in [2.45, 2.75) is 57.5 Å². The van der Waals surface area contributed by atoms with Crippen molar-refractivity contribution in [3.8, 4) is 0 Å². The van der Waals surface area contributed by atoms with Gasteiger partial charge in [0.2, 0.25) is 0 Å². The van der Waals surface area contributed by atoms with Gasteiger partial charge in [0.15, 0.2) is 0 Å². The molecule has 0 saturated heterocycles. The first kappa shape index (κ1) is 17.3. The van der Waals surface area contributed by atoms with Gasteiger partial charge in [0.05, 0.1) is 17.9 Å². The van der Waals surface area contributed by atoms with Crippen molar-refractivity contribution < 1.29 is 14.7 Å². The summed E-state index contributed by atoms with van der Waals surface area (Å²) >= 11 is 0. The number of carbonyl (C=O) groups is 2. The molecular weight excluding hydrogens is 274 g/mol. The standard InChI is InChI=1S/C13H23N5O3/c1-13(2,3)10-7-18(17-16-10)11(19)8(14)5-4-6-9(15)12(20)21/h7-9H,4-6,14-15H2,1-3H3,(H,20,21)/t8?,9-/m0/s1. The number of rotatable bonds is 6. The summed E-state index contributed by atoms with van der Waals surface area (Å²) in [7, 11) is 0. The molecule has 0 aliphatic carbocycles. The van der Waals surface area contributed by atoms with E-state index in [1.165, 1.54) is 0 Å². The molecule has 0 radical (unpaired) electrons. The lowest BCUT2D eigenvalue weighted by Gasteiger charge is -2.13. The highest BCUT2D eigenvalue weighted by molar-refractivity contribution is 5.83. The quantitative estimate of drug-likeness (QED) is 0.678. The fourth-order valence-electron chi connectivity index (χ4n) is 1.69. The molecule has 1 heterocycles. The van der Waals surface area contributed by atoms with Crippen LogP contribution in [0.25, 0.3) is 0 Å². The third-order valence-corrected chi connectivity index (χ3v) is 3.15. The highest BCUT2D eigenvalue weighted by Crippen LogP contribution is 2.18. The van der Waals surface area contributed by atoms with Crippen LogP contribution in [0.15, 0.2) is 6.20 Å². The Balaban J connectivity index is 2.55. The number of nitrogens with two attached hydrogens (primary N) is 2. The zero-order chi connectivity index (χ0) is 16.2. The van der Waals surface area contributed by atoms with Gasteiger partial charge in [0.1, 0.15) is 6.04 Å². The Labute approximate surface area is 123 Å². The fraction of sp³-hybridized carbons (Fsp3) is 0.692. The molecule has 0 amide bonds. The Bertz CT molecular complexity index is 506. The van der Waals surface area contributed by atoms with E-state index in [4.69, 9.17) is 16.6 Å². The third kappa shape index (κ3) is 4.91. The maximum absolute atomic E-state index is 12.1. The van der Waals surface area contributed by atoms with E-state index in [1.54, 1.807) is 6.20 Å². The van der Waals surface area contributed by atoms with Crippen molar-refractivity contribution in [2.75, 3.05) is 0 Å². The molecule has 1 unspecified atom stereocenters. The molecule has 21 heavy (non-hydrogen) atoms. The van der Waals surface area contributed by atoms with Crippen molar-refractivity contribution in [1.29, 1.82) is 0 Å². The second-order valence-corrected chi connectivity index (χ2v) is 6.12. The molecule has 118 valence electrons. The lowest BCUT2D eigenvalue weighted by molar-refractivity contribution is -0.138. The second kappa shape index (κ2) is 6.77. The van der Waals surface area contributed by atoms with E-state index >= 15 is 0 Å². The molecule has 0 aliphatic heterocycles. The van der Waals surface area contributed by atoms with Crippen molar-refractivity contribution in [3.05, 3.63) is 11.9 Å². The minimum atomic E-state index is -1.05. The molecule has 0 aromatic carbocycles. The van der Waals surface area contributed by atoms with E-state index in [0.29, 0.717) is 18.5 Å². The van der Waals surface area contributed by atoms with Crippen LogP contribution >= 0.6 is 0 Å². The maximum Gasteiger partial charge on any atom is 0.320 e. The van der Waals surface area contributed by atoms with Crippen LogP contribution in [-0.4, -0.2) is 44.1 Å². The van der Waals surface area contributed by atoms with Crippen LogP contribution < -0.4 is 11.5 Å². The van der Waals surface area contributed by atoms with E-state index in [2.05, 4.69) is 10.3 Å². The molecule has 1 aromatic heterocycles. The van der Waals surface area contributed by atoms with Gasteiger partial charge in [-0.3, -0.25) is 9.59 Å². The highest BCUT2D eigenvalue weighted by Gasteiger charge is 2.22. The molecule has 5 N–H and O–H groups in total. The highest BCUT2D eigenvalue weighted by atomic mass is 16.4. The number of aromatic nitrogens is 3. The number of aliphatic carboxylic acids is 1. The lowest BCUT2D eigenvalue weighted by atomic mass is 9.93. The zero-order valence-corrected chi connectivity index (χ0v) is 12.6. The van der Waals surface area contributed by atoms with Crippen LogP contribution in [-0.2, 0) is 10.2 Å². The van der Waals surface area contributed by atoms with Crippen LogP contribution in [0.5, 0.6) is 0 Å². The monoisotopic (exact) mass is 297 g/mol. The summed E-state index contributed by atoms with van der Waals surface area (Å²) in [5.41, 5.74) is 11.7. The van der Waals surface area contributed by atoms with Crippen LogP contribution in [0.2, 0.25) is 0 Å². The minimum Gasteiger partial charge on any atom is -0.480 e. The first-order valence-corrected chi connectivity index (χ1v) is 6.84. The average Bonchev–Trinajstić information content (AvgIpc) is 2.86. The van der Waals surface area contributed by atoms with E-state index in [0.717, 1.165) is 4.68 Å². The smallest absolute Gasteiger partial charge is 0.320 e. The van der Waals surface area contributed by atoms with Gasteiger partial charge in [0.25, 0.3) is 5.91 Å². The molecule has 0 fully saturated rings. The van der Waals surface area contributed by atoms with Gasteiger partial charge in [-0.25, -0.2) is 0 Å². The predicted molar refractivity (Wildman–Crippen MR) is 76.8 cm³/mol.